The SMILES string of the molecule is N#Cc1ccc(CNC(=O)c2coc(=O)c(Br)c2)cc1. The van der Waals surface area contributed by atoms with E-state index in [4.69, 9.17) is 9.68 Å². The van der Waals surface area contributed by atoms with Gasteiger partial charge in [-0.2, -0.15) is 5.26 Å². The first-order valence-electron chi connectivity index (χ1n) is 5.66. The van der Waals surface area contributed by atoms with Crippen molar-refractivity contribution in [2.75, 3.05) is 0 Å². The van der Waals surface area contributed by atoms with E-state index >= 15 is 0 Å². The summed E-state index contributed by atoms with van der Waals surface area (Å²) in [5.74, 6) is -0.348. The van der Waals surface area contributed by atoms with Crippen LogP contribution in [0.25, 0.3) is 0 Å². The molecule has 0 aliphatic heterocycles. The largest absolute Gasteiger partial charge is 0.430 e. The van der Waals surface area contributed by atoms with Crippen LogP contribution in [0.2, 0.25) is 0 Å². The lowest BCUT2D eigenvalue weighted by atomic mass is 10.1. The lowest BCUT2D eigenvalue weighted by molar-refractivity contribution is 0.0948. The average Bonchev–Trinajstić information content (AvgIpc) is 2.48. The third-order valence-corrected chi connectivity index (χ3v) is 3.12. The summed E-state index contributed by atoms with van der Waals surface area (Å²) in [5, 5.41) is 11.4. The first-order valence-corrected chi connectivity index (χ1v) is 6.45. The summed E-state index contributed by atoms with van der Waals surface area (Å²) in [4.78, 5) is 22.9. The molecule has 0 fully saturated rings. The normalized spacial score (nSPS) is 9.80. The van der Waals surface area contributed by atoms with Crippen molar-refractivity contribution >= 4 is 21.8 Å². The van der Waals surface area contributed by atoms with Crippen LogP contribution in [0.5, 0.6) is 0 Å². The van der Waals surface area contributed by atoms with Crippen molar-refractivity contribution in [2.24, 2.45) is 0 Å². The number of nitrogens with zero attached hydrogens (tertiary/aromatic N) is 1. The van der Waals surface area contributed by atoms with Gasteiger partial charge in [-0.3, -0.25) is 4.79 Å². The molecule has 0 aliphatic carbocycles. The summed E-state index contributed by atoms with van der Waals surface area (Å²) in [6.45, 7) is 0.321. The number of carbonyl (C=O) groups excluding carboxylic acids is 1. The van der Waals surface area contributed by atoms with Gasteiger partial charge in [0.25, 0.3) is 5.91 Å². The van der Waals surface area contributed by atoms with Gasteiger partial charge in [-0.1, -0.05) is 12.1 Å². The van der Waals surface area contributed by atoms with Crippen LogP contribution >= 0.6 is 15.9 Å². The summed E-state index contributed by atoms with van der Waals surface area (Å²) in [7, 11) is 0. The quantitative estimate of drug-likeness (QED) is 0.933. The maximum Gasteiger partial charge on any atom is 0.350 e. The molecule has 1 amide bonds. The molecule has 1 heterocycles. The number of nitrogens with one attached hydrogen (secondary N) is 1. The molecule has 2 rings (SSSR count). The van der Waals surface area contributed by atoms with Crippen LogP contribution in [-0.2, 0) is 6.54 Å². The number of rotatable bonds is 3. The van der Waals surface area contributed by atoms with E-state index in [1.165, 1.54) is 6.07 Å². The number of benzene rings is 1. The van der Waals surface area contributed by atoms with Gasteiger partial charge < -0.3 is 9.73 Å². The standard InChI is InChI=1S/C14H9BrN2O3/c15-12-5-11(8-20-14(12)19)13(18)17-7-10-3-1-9(6-16)2-4-10/h1-5,8H,7H2,(H,17,18). The molecule has 2 aromatic rings. The summed E-state index contributed by atoms with van der Waals surface area (Å²) in [6, 6.07) is 10.3. The third kappa shape index (κ3) is 3.33. The fourth-order valence-corrected chi connectivity index (χ4v) is 1.84. The molecular weight excluding hydrogens is 324 g/mol. The van der Waals surface area contributed by atoms with Crippen LogP contribution < -0.4 is 10.9 Å². The Labute approximate surface area is 123 Å². The first kappa shape index (κ1) is 14.0. The third-order valence-electron chi connectivity index (χ3n) is 2.57. The van der Waals surface area contributed by atoms with Crippen LogP contribution in [0.1, 0.15) is 21.5 Å². The summed E-state index contributed by atoms with van der Waals surface area (Å²) < 4.78 is 4.89. The second kappa shape index (κ2) is 6.17. The van der Waals surface area contributed by atoms with E-state index in [0.29, 0.717) is 12.1 Å². The van der Waals surface area contributed by atoms with Gasteiger partial charge in [0.1, 0.15) is 10.7 Å². The van der Waals surface area contributed by atoms with E-state index in [9.17, 15) is 9.59 Å². The molecule has 0 radical (unpaired) electrons. The smallest absolute Gasteiger partial charge is 0.350 e. The van der Waals surface area contributed by atoms with Crippen LogP contribution in [0.15, 0.2) is 50.3 Å². The van der Waals surface area contributed by atoms with Gasteiger partial charge in [0.15, 0.2) is 0 Å². The maximum absolute atomic E-state index is 11.9. The molecule has 100 valence electrons. The maximum atomic E-state index is 11.9. The number of halogens is 1. The van der Waals surface area contributed by atoms with Gasteiger partial charge in [-0.05, 0) is 39.7 Å². The Balaban J connectivity index is 2.02. The molecule has 0 bridgehead atoms. The number of carbonyl (C=O) groups is 1. The fourth-order valence-electron chi connectivity index (χ4n) is 1.50. The van der Waals surface area contributed by atoms with Gasteiger partial charge in [0.05, 0.1) is 17.2 Å². The molecule has 0 aliphatic rings. The highest BCUT2D eigenvalue weighted by molar-refractivity contribution is 9.10. The topological polar surface area (TPSA) is 83.1 Å². The molecule has 1 aromatic carbocycles. The van der Waals surface area contributed by atoms with E-state index in [0.717, 1.165) is 11.8 Å². The molecule has 1 aromatic heterocycles. The number of amides is 1. The van der Waals surface area contributed by atoms with Crippen molar-refractivity contribution in [3.05, 3.63) is 68.2 Å². The zero-order valence-corrected chi connectivity index (χ0v) is 11.8. The minimum absolute atomic E-state index is 0.198. The fraction of sp³-hybridized carbons (Fsp3) is 0.0714. The van der Waals surface area contributed by atoms with Crippen molar-refractivity contribution < 1.29 is 9.21 Å². The lowest BCUT2D eigenvalue weighted by Crippen LogP contribution is -2.23. The van der Waals surface area contributed by atoms with Crippen molar-refractivity contribution in [1.82, 2.24) is 5.32 Å². The van der Waals surface area contributed by atoms with Gasteiger partial charge in [0.2, 0.25) is 0 Å². The molecular formula is C14H9BrN2O3. The molecule has 0 unspecified atom stereocenters. The first-order chi connectivity index (χ1) is 9.60. The van der Waals surface area contributed by atoms with E-state index in [2.05, 4.69) is 21.2 Å². The van der Waals surface area contributed by atoms with E-state index in [1.807, 2.05) is 6.07 Å². The number of nitriles is 1. The van der Waals surface area contributed by atoms with E-state index in [1.54, 1.807) is 24.3 Å². The van der Waals surface area contributed by atoms with Crippen molar-refractivity contribution in [3.8, 4) is 6.07 Å². The highest BCUT2D eigenvalue weighted by Crippen LogP contribution is 2.07. The Morgan fingerprint density at radius 2 is 2.05 bits per heavy atom. The molecule has 0 spiro atoms. The molecule has 5 nitrogen and oxygen atoms in total. The van der Waals surface area contributed by atoms with Crippen LogP contribution in [0, 0.1) is 11.3 Å². The van der Waals surface area contributed by atoms with Crippen LogP contribution in [-0.4, -0.2) is 5.91 Å². The van der Waals surface area contributed by atoms with Gasteiger partial charge in [0, 0.05) is 6.54 Å². The molecule has 1 N–H and O–H groups in total. The Kier molecular flexibility index (Phi) is 4.33. The zero-order valence-electron chi connectivity index (χ0n) is 10.2. The Morgan fingerprint density at radius 3 is 2.65 bits per heavy atom. The second-order valence-corrected chi connectivity index (χ2v) is 4.82. The van der Waals surface area contributed by atoms with Gasteiger partial charge in [-0.25, -0.2) is 4.79 Å². The molecule has 0 saturated carbocycles. The van der Waals surface area contributed by atoms with E-state index in [-0.39, 0.29) is 15.9 Å². The number of hydrogen-bond acceptors (Lipinski definition) is 4. The highest BCUT2D eigenvalue weighted by Gasteiger charge is 2.08. The van der Waals surface area contributed by atoms with Crippen LogP contribution in [0.4, 0.5) is 0 Å². The van der Waals surface area contributed by atoms with Crippen molar-refractivity contribution in [2.45, 2.75) is 6.54 Å². The average molecular weight is 333 g/mol. The van der Waals surface area contributed by atoms with Gasteiger partial charge >= 0.3 is 5.63 Å². The monoisotopic (exact) mass is 332 g/mol. The minimum atomic E-state index is -0.534. The second-order valence-electron chi connectivity index (χ2n) is 3.96. The molecule has 0 saturated heterocycles. The summed E-state index contributed by atoms with van der Waals surface area (Å²) >= 11 is 3.01. The highest BCUT2D eigenvalue weighted by atomic mass is 79.9. The molecule has 20 heavy (non-hydrogen) atoms. The lowest BCUT2D eigenvalue weighted by Gasteiger charge is -2.05. The summed E-state index contributed by atoms with van der Waals surface area (Å²) in [6.07, 6.45) is 1.11. The Bertz CT molecular complexity index is 729. The van der Waals surface area contributed by atoms with Gasteiger partial charge in [-0.15, -0.1) is 0 Å². The molecule has 6 heteroatoms. The van der Waals surface area contributed by atoms with Crippen molar-refractivity contribution in [1.29, 1.82) is 5.26 Å². The molecule has 0 atom stereocenters. The predicted molar refractivity (Wildman–Crippen MR) is 75.0 cm³/mol. The summed E-state index contributed by atoms with van der Waals surface area (Å²) in [5.41, 5.74) is 1.15. The van der Waals surface area contributed by atoms with Crippen molar-refractivity contribution in [3.63, 3.8) is 0 Å². The zero-order chi connectivity index (χ0) is 14.5. The predicted octanol–water partition coefficient (Wildman–Crippen LogP) is 2.20. The number of hydrogen-bond donors (Lipinski definition) is 1. The van der Waals surface area contributed by atoms with Crippen LogP contribution in [0.3, 0.4) is 0 Å². The minimum Gasteiger partial charge on any atom is -0.430 e. The van der Waals surface area contributed by atoms with E-state index < -0.39 is 5.63 Å². The Hall–Kier alpha value is -2.39. The Morgan fingerprint density at radius 1 is 1.35 bits per heavy atom.